The first-order chi connectivity index (χ1) is 16.8. The summed E-state index contributed by atoms with van der Waals surface area (Å²) in [5.41, 5.74) is -6.16. The van der Waals surface area contributed by atoms with E-state index in [1.807, 2.05) is 0 Å². The van der Waals surface area contributed by atoms with Crippen molar-refractivity contribution in [3.05, 3.63) is 34.2 Å². The number of rotatable bonds is 11. The standard InChI is InChI=1S/C21H28F2NO11P/c1-6-31-36(29,32-7-2)21(22,23)15-8-9-24(17(28)10-15)20-19(34-14(5)27)18(33-13(4)26)16(35-20)11-30-12(3)25/h8-10,16,18-20H,6-7,11H2,1-5H3/t16-,18-,19-,20-/m1/s1. The normalized spacial score (nSPS) is 22.2. The molecule has 0 radical (unpaired) electrons. The maximum atomic E-state index is 15.1. The first-order valence-electron chi connectivity index (χ1n) is 10.9. The molecule has 1 aromatic rings. The third kappa shape index (κ3) is 6.55. The van der Waals surface area contributed by atoms with Crippen molar-refractivity contribution < 1.29 is 55.7 Å². The number of ether oxygens (including phenoxy) is 4. The Morgan fingerprint density at radius 2 is 1.58 bits per heavy atom. The Kier molecular flexibility index (Phi) is 9.89. The van der Waals surface area contributed by atoms with Gasteiger partial charge < -0.3 is 28.0 Å². The van der Waals surface area contributed by atoms with Gasteiger partial charge in [-0.15, -0.1) is 0 Å². The van der Waals surface area contributed by atoms with E-state index in [4.69, 9.17) is 28.0 Å². The van der Waals surface area contributed by atoms with E-state index in [0.717, 1.165) is 37.6 Å². The van der Waals surface area contributed by atoms with Gasteiger partial charge in [0.2, 0.25) is 0 Å². The van der Waals surface area contributed by atoms with Crippen molar-refractivity contribution in [2.45, 2.75) is 64.8 Å². The van der Waals surface area contributed by atoms with Crippen molar-refractivity contribution in [2.24, 2.45) is 0 Å². The lowest BCUT2D eigenvalue weighted by molar-refractivity contribution is -0.166. The molecule has 0 N–H and O–H groups in total. The Morgan fingerprint density at radius 1 is 1.03 bits per heavy atom. The summed E-state index contributed by atoms with van der Waals surface area (Å²) in [5, 5.41) is 0. The number of halogens is 2. The molecule has 1 fully saturated rings. The summed E-state index contributed by atoms with van der Waals surface area (Å²) in [7, 11) is -4.98. The van der Waals surface area contributed by atoms with Crippen LogP contribution in [0.1, 0.15) is 46.4 Å². The first kappa shape index (κ1) is 29.6. The predicted molar refractivity (Wildman–Crippen MR) is 117 cm³/mol. The number of esters is 3. The molecule has 0 bridgehead atoms. The summed E-state index contributed by atoms with van der Waals surface area (Å²) in [6, 6.07) is 1.32. The molecule has 12 nitrogen and oxygen atoms in total. The molecule has 0 spiro atoms. The SMILES string of the molecule is CCOP(=O)(OCC)C(F)(F)c1ccn([C@@H]2O[C@H](COC(C)=O)[C@@H](OC(C)=O)[C@H]2OC(C)=O)c(=O)c1. The number of carbonyl (C=O) groups is 3. The summed E-state index contributed by atoms with van der Waals surface area (Å²) in [4.78, 5) is 47.5. The molecule has 1 aromatic heterocycles. The monoisotopic (exact) mass is 539 g/mol. The van der Waals surface area contributed by atoms with E-state index in [1.54, 1.807) is 0 Å². The van der Waals surface area contributed by atoms with Crippen LogP contribution in [0.5, 0.6) is 0 Å². The van der Waals surface area contributed by atoms with Gasteiger partial charge in [0.25, 0.3) is 5.56 Å². The summed E-state index contributed by atoms with van der Waals surface area (Å²) < 4.78 is 74.2. The maximum Gasteiger partial charge on any atom is 0.404 e. The second kappa shape index (κ2) is 12.0. The Bertz CT molecular complexity index is 1070. The summed E-state index contributed by atoms with van der Waals surface area (Å²) in [6.07, 6.45) is -4.38. The van der Waals surface area contributed by atoms with Crippen LogP contribution < -0.4 is 5.56 Å². The van der Waals surface area contributed by atoms with Crippen LogP contribution in [0.2, 0.25) is 0 Å². The van der Waals surface area contributed by atoms with E-state index >= 15 is 8.78 Å². The van der Waals surface area contributed by atoms with Gasteiger partial charge in [0.15, 0.2) is 18.4 Å². The number of aromatic nitrogens is 1. The molecule has 4 atom stereocenters. The van der Waals surface area contributed by atoms with E-state index in [-0.39, 0.29) is 13.2 Å². The van der Waals surface area contributed by atoms with Crippen LogP contribution in [0.4, 0.5) is 8.78 Å². The van der Waals surface area contributed by atoms with E-state index < -0.39 is 73.4 Å². The van der Waals surface area contributed by atoms with Crippen LogP contribution >= 0.6 is 7.60 Å². The van der Waals surface area contributed by atoms with E-state index in [1.165, 1.54) is 13.8 Å². The number of hydrogen-bond donors (Lipinski definition) is 0. The summed E-state index contributed by atoms with van der Waals surface area (Å²) in [6.45, 7) is 4.92. The fourth-order valence-corrected chi connectivity index (χ4v) is 5.04. The molecular weight excluding hydrogens is 511 g/mol. The predicted octanol–water partition coefficient (Wildman–Crippen LogP) is 2.49. The van der Waals surface area contributed by atoms with Gasteiger partial charge in [0, 0.05) is 38.6 Å². The van der Waals surface area contributed by atoms with Crippen molar-refractivity contribution in [2.75, 3.05) is 19.8 Å². The molecule has 2 heterocycles. The molecule has 0 aromatic carbocycles. The van der Waals surface area contributed by atoms with E-state index in [9.17, 15) is 23.7 Å². The average molecular weight is 539 g/mol. The van der Waals surface area contributed by atoms with Gasteiger partial charge in [-0.1, -0.05) is 0 Å². The zero-order chi connectivity index (χ0) is 27.3. The minimum Gasteiger partial charge on any atom is -0.463 e. The smallest absolute Gasteiger partial charge is 0.404 e. The van der Waals surface area contributed by atoms with Crippen LogP contribution in [0, 0.1) is 0 Å². The van der Waals surface area contributed by atoms with Crippen molar-refractivity contribution in [1.29, 1.82) is 0 Å². The summed E-state index contributed by atoms with van der Waals surface area (Å²) >= 11 is 0. The van der Waals surface area contributed by atoms with Crippen LogP contribution in [-0.2, 0) is 52.6 Å². The number of hydrogen-bond acceptors (Lipinski definition) is 11. The molecule has 1 aliphatic rings. The molecule has 1 aliphatic heterocycles. The molecular formula is C21H28F2NO11P. The quantitative estimate of drug-likeness (QED) is 0.232. The molecule has 36 heavy (non-hydrogen) atoms. The number of carbonyl (C=O) groups excluding carboxylic acids is 3. The zero-order valence-electron chi connectivity index (χ0n) is 20.3. The van der Waals surface area contributed by atoms with Gasteiger partial charge in [-0.25, -0.2) is 0 Å². The van der Waals surface area contributed by atoms with Crippen molar-refractivity contribution in [1.82, 2.24) is 4.57 Å². The number of pyridine rings is 1. The van der Waals surface area contributed by atoms with Gasteiger partial charge >= 0.3 is 31.2 Å². The van der Waals surface area contributed by atoms with Crippen LogP contribution in [-0.4, -0.2) is 60.6 Å². The van der Waals surface area contributed by atoms with Gasteiger partial charge in [0.1, 0.15) is 12.7 Å². The Labute approximate surface area is 205 Å². The van der Waals surface area contributed by atoms with E-state index in [0.29, 0.717) is 6.07 Å². The Morgan fingerprint density at radius 3 is 2.06 bits per heavy atom. The molecule has 1 saturated heterocycles. The lowest BCUT2D eigenvalue weighted by atomic mass is 10.1. The topological polar surface area (TPSA) is 146 Å². The van der Waals surface area contributed by atoms with Gasteiger partial charge in [0.05, 0.1) is 13.2 Å². The molecule has 2 rings (SSSR count). The van der Waals surface area contributed by atoms with Crippen molar-refractivity contribution in [3.8, 4) is 0 Å². The minimum atomic E-state index is -4.98. The third-order valence-electron chi connectivity index (χ3n) is 4.85. The highest BCUT2D eigenvalue weighted by Crippen LogP contribution is 2.66. The lowest BCUT2D eigenvalue weighted by Gasteiger charge is -2.27. The highest BCUT2D eigenvalue weighted by molar-refractivity contribution is 7.54. The minimum absolute atomic E-state index is 0.328. The fraction of sp³-hybridized carbons (Fsp3) is 0.619. The lowest BCUT2D eigenvalue weighted by Crippen LogP contribution is -2.41. The van der Waals surface area contributed by atoms with E-state index in [2.05, 4.69) is 0 Å². The third-order valence-corrected chi connectivity index (χ3v) is 6.99. The molecule has 202 valence electrons. The highest BCUT2D eigenvalue weighted by atomic mass is 31.2. The van der Waals surface area contributed by atoms with Gasteiger partial charge in [-0.3, -0.25) is 28.3 Å². The molecule has 0 aliphatic carbocycles. The average Bonchev–Trinajstić information content (AvgIpc) is 3.08. The van der Waals surface area contributed by atoms with Crippen molar-refractivity contribution >= 4 is 25.5 Å². The second-order valence-corrected chi connectivity index (χ2v) is 9.62. The fourth-order valence-electron chi connectivity index (χ4n) is 3.50. The van der Waals surface area contributed by atoms with Crippen LogP contribution in [0.25, 0.3) is 0 Å². The number of nitrogens with zero attached hydrogens (tertiary/aromatic N) is 1. The largest absolute Gasteiger partial charge is 0.463 e. The van der Waals surface area contributed by atoms with Crippen molar-refractivity contribution in [3.63, 3.8) is 0 Å². The molecule has 0 unspecified atom stereocenters. The Hall–Kier alpha value is -2.67. The summed E-state index contributed by atoms with van der Waals surface area (Å²) in [5.74, 6) is -2.27. The van der Waals surface area contributed by atoms with Gasteiger partial charge in [-0.2, -0.15) is 8.78 Å². The molecule has 0 saturated carbocycles. The Balaban J connectivity index is 2.51. The first-order valence-corrected chi connectivity index (χ1v) is 12.4. The second-order valence-electron chi connectivity index (χ2n) is 7.55. The highest BCUT2D eigenvalue weighted by Gasteiger charge is 2.55. The van der Waals surface area contributed by atoms with Gasteiger partial charge in [-0.05, 0) is 19.9 Å². The van der Waals surface area contributed by atoms with Crippen LogP contribution in [0.15, 0.2) is 23.1 Å². The number of alkyl halides is 2. The molecule has 0 amide bonds. The zero-order valence-corrected chi connectivity index (χ0v) is 21.2. The maximum absolute atomic E-state index is 15.1. The van der Waals surface area contributed by atoms with Crippen LogP contribution in [0.3, 0.4) is 0 Å². The molecule has 15 heteroatoms.